The van der Waals surface area contributed by atoms with Gasteiger partial charge in [0.15, 0.2) is 5.78 Å². The predicted molar refractivity (Wildman–Crippen MR) is 70.5 cm³/mol. The number of allylic oxidation sites excluding steroid dienone is 2. The summed E-state index contributed by atoms with van der Waals surface area (Å²) in [6.45, 7) is 2.83. The van der Waals surface area contributed by atoms with Gasteiger partial charge in [-0.05, 0) is 13.3 Å². The van der Waals surface area contributed by atoms with E-state index >= 15 is 0 Å². The minimum atomic E-state index is -0.484. The zero-order valence-corrected chi connectivity index (χ0v) is 11.0. The average molecular weight is 260 g/mol. The summed E-state index contributed by atoms with van der Waals surface area (Å²) in [5.74, 6) is -0.452. The number of rotatable bonds is 6. The molecule has 0 fully saturated rings. The normalized spacial score (nSPS) is 11.5. The minimum Gasteiger partial charge on any atom is -0.431 e. The Morgan fingerprint density at radius 2 is 1.79 bits per heavy atom. The predicted octanol–water partition coefficient (Wildman–Crippen LogP) is 2.69. The van der Waals surface area contributed by atoms with E-state index in [0.717, 1.165) is 6.29 Å². The van der Waals surface area contributed by atoms with Gasteiger partial charge in [-0.25, -0.2) is 0 Å². The third kappa shape index (κ3) is 4.50. The van der Waals surface area contributed by atoms with Gasteiger partial charge in [0.05, 0.1) is 0 Å². The van der Waals surface area contributed by atoms with E-state index in [1.807, 2.05) is 6.07 Å². The Balaban J connectivity index is 3.06. The van der Waals surface area contributed by atoms with Crippen LogP contribution >= 0.6 is 0 Å². The maximum absolute atomic E-state index is 12.3. The number of benzene rings is 1. The van der Waals surface area contributed by atoms with E-state index in [1.165, 1.54) is 6.92 Å². The van der Waals surface area contributed by atoms with Crippen molar-refractivity contribution in [1.82, 2.24) is 0 Å². The lowest BCUT2D eigenvalue weighted by molar-refractivity contribution is -0.136. The fourth-order valence-electron chi connectivity index (χ4n) is 1.69. The Morgan fingerprint density at radius 1 is 1.16 bits per heavy atom. The lowest BCUT2D eigenvalue weighted by Gasteiger charge is -2.10. The van der Waals surface area contributed by atoms with E-state index in [0.29, 0.717) is 11.1 Å². The van der Waals surface area contributed by atoms with E-state index in [-0.39, 0.29) is 24.4 Å². The largest absolute Gasteiger partial charge is 0.431 e. The first-order chi connectivity index (χ1) is 9.06. The van der Waals surface area contributed by atoms with Crippen molar-refractivity contribution in [2.75, 3.05) is 0 Å². The quantitative estimate of drug-likeness (QED) is 0.259. The van der Waals surface area contributed by atoms with E-state index in [1.54, 1.807) is 31.2 Å². The standard InChI is InChI=1S/C15H16O4/c1-11(19-12(2)17)14(9-6-10-16)15(18)13-7-4-3-5-8-13/h3-5,7-8,10H,6,9H2,1-2H3/b14-11-. The zero-order valence-electron chi connectivity index (χ0n) is 11.0. The Bertz CT molecular complexity index is 500. The number of carbonyl (C=O) groups excluding carboxylic acids is 3. The molecule has 0 atom stereocenters. The van der Waals surface area contributed by atoms with Crippen LogP contribution in [-0.2, 0) is 14.3 Å². The number of aldehydes is 1. The second-order valence-electron chi connectivity index (χ2n) is 4.03. The van der Waals surface area contributed by atoms with Crippen molar-refractivity contribution in [3.8, 4) is 0 Å². The van der Waals surface area contributed by atoms with Gasteiger partial charge in [0, 0.05) is 24.5 Å². The Hall–Kier alpha value is -2.23. The summed E-state index contributed by atoms with van der Waals surface area (Å²) in [5, 5.41) is 0. The molecule has 0 heterocycles. The molecule has 4 heteroatoms. The van der Waals surface area contributed by atoms with Crippen LogP contribution in [0.4, 0.5) is 0 Å². The van der Waals surface area contributed by atoms with Crippen molar-refractivity contribution in [1.29, 1.82) is 0 Å². The maximum atomic E-state index is 12.3. The van der Waals surface area contributed by atoms with E-state index in [2.05, 4.69) is 0 Å². The Morgan fingerprint density at radius 3 is 2.32 bits per heavy atom. The highest BCUT2D eigenvalue weighted by molar-refractivity contribution is 6.09. The molecule has 4 nitrogen and oxygen atoms in total. The zero-order chi connectivity index (χ0) is 14.3. The van der Waals surface area contributed by atoms with Crippen LogP contribution in [0, 0.1) is 0 Å². The van der Waals surface area contributed by atoms with Gasteiger partial charge in [-0.3, -0.25) is 9.59 Å². The van der Waals surface area contributed by atoms with Crippen LogP contribution in [0.15, 0.2) is 41.7 Å². The number of carbonyl (C=O) groups is 3. The summed E-state index contributed by atoms with van der Waals surface area (Å²) < 4.78 is 4.96. The van der Waals surface area contributed by atoms with Crippen LogP contribution < -0.4 is 0 Å². The maximum Gasteiger partial charge on any atom is 0.307 e. The van der Waals surface area contributed by atoms with E-state index < -0.39 is 5.97 Å². The molecule has 0 aliphatic rings. The highest BCUT2D eigenvalue weighted by atomic mass is 16.5. The van der Waals surface area contributed by atoms with Crippen LogP contribution in [0.2, 0.25) is 0 Å². The Labute approximate surface area is 112 Å². The molecule has 0 unspecified atom stereocenters. The first-order valence-corrected chi connectivity index (χ1v) is 5.97. The lowest BCUT2D eigenvalue weighted by Crippen LogP contribution is -2.09. The van der Waals surface area contributed by atoms with Crippen molar-refractivity contribution in [2.45, 2.75) is 26.7 Å². The molecular formula is C15H16O4. The molecule has 0 amide bonds. The van der Waals surface area contributed by atoms with Gasteiger partial charge in [0.2, 0.25) is 0 Å². The van der Waals surface area contributed by atoms with Crippen LogP contribution in [-0.4, -0.2) is 18.0 Å². The van der Waals surface area contributed by atoms with Gasteiger partial charge in [0.1, 0.15) is 12.0 Å². The summed E-state index contributed by atoms with van der Waals surface area (Å²) in [6.07, 6.45) is 1.21. The monoisotopic (exact) mass is 260 g/mol. The van der Waals surface area contributed by atoms with Crippen molar-refractivity contribution in [3.63, 3.8) is 0 Å². The summed E-state index contributed by atoms with van der Waals surface area (Å²) in [7, 11) is 0. The average Bonchev–Trinajstić information content (AvgIpc) is 2.39. The minimum absolute atomic E-state index is 0.215. The summed E-state index contributed by atoms with van der Waals surface area (Å²) in [4.78, 5) is 33.7. The van der Waals surface area contributed by atoms with E-state index in [4.69, 9.17) is 4.74 Å². The topological polar surface area (TPSA) is 60.4 Å². The number of ether oxygens (including phenoxy) is 1. The molecule has 0 aromatic heterocycles. The first kappa shape index (κ1) is 14.8. The molecule has 0 spiro atoms. The molecule has 0 aliphatic heterocycles. The number of ketones is 1. The van der Waals surface area contributed by atoms with Crippen molar-refractivity contribution in [3.05, 3.63) is 47.2 Å². The van der Waals surface area contributed by atoms with Crippen LogP contribution in [0.5, 0.6) is 0 Å². The van der Waals surface area contributed by atoms with Gasteiger partial charge in [-0.15, -0.1) is 0 Å². The molecule has 0 aliphatic carbocycles. The number of hydrogen-bond donors (Lipinski definition) is 0. The number of hydrogen-bond acceptors (Lipinski definition) is 4. The molecule has 0 bridgehead atoms. The SMILES string of the molecule is CC(=O)O/C(C)=C(/CCC=O)C(=O)c1ccccc1. The fourth-order valence-corrected chi connectivity index (χ4v) is 1.69. The van der Waals surface area contributed by atoms with Crippen molar-refractivity contribution < 1.29 is 19.1 Å². The van der Waals surface area contributed by atoms with Gasteiger partial charge in [-0.1, -0.05) is 30.3 Å². The van der Waals surface area contributed by atoms with Crippen LogP contribution in [0.25, 0.3) is 0 Å². The van der Waals surface area contributed by atoms with E-state index in [9.17, 15) is 14.4 Å². The molecule has 100 valence electrons. The number of esters is 1. The third-order valence-corrected chi connectivity index (χ3v) is 2.54. The van der Waals surface area contributed by atoms with Crippen LogP contribution in [0.1, 0.15) is 37.0 Å². The summed E-state index contributed by atoms with van der Waals surface area (Å²) in [5.41, 5.74) is 0.864. The smallest absolute Gasteiger partial charge is 0.307 e. The fraction of sp³-hybridized carbons (Fsp3) is 0.267. The molecule has 1 aromatic rings. The molecular weight excluding hydrogens is 244 g/mol. The molecule has 0 saturated carbocycles. The molecule has 1 rings (SSSR count). The van der Waals surface area contributed by atoms with Gasteiger partial charge < -0.3 is 9.53 Å². The lowest BCUT2D eigenvalue weighted by atomic mass is 9.99. The second kappa shape index (κ2) is 7.26. The van der Waals surface area contributed by atoms with Crippen molar-refractivity contribution in [2.24, 2.45) is 0 Å². The highest BCUT2D eigenvalue weighted by Gasteiger charge is 2.16. The molecule has 1 aromatic carbocycles. The molecule has 0 radical (unpaired) electrons. The number of Topliss-reactive ketones (excluding diaryl/α,β-unsaturated/α-hetero) is 1. The molecule has 19 heavy (non-hydrogen) atoms. The first-order valence-electron chi connectivity index (χ1n) is 5.97. The van der Waals surface area contributed by atoms with Crippen molar-refractivity contribution >= 4 is 18.0 Å². The summed E-state index contributed by atoms with van der Waals surface area (Å²) in [6, 6.07) is 8.69. The third-order valence-electron chi connectivity index (χ3n) is 2.54. The summed E-state index contributed by atoms with van der Waals surface area (Å²) >= 11 is 0. The highest BCUT2D eigenvalue weighted by Crippen LogP contribution is 2.18. The Kier molecular flexibility index (Phi) is 5.67. The van der Waals surface area contributed by atoms with Gasteiger partial charge in [-0.2, -0.15) is 0 Å². The molecule has 0 saturated heterocycles. The molecule has 0 N–H and O–H groups in total. The second-order valence-corrected chi connectivity index (χ2v) is 4.03. The van der Waals surface area contributed by atoms with Crippen LogP contribution in [0.3, 0.4) is 0 Å². The van der Waals surface area contributed by atoms with Gasteiger partial charge >= 0.3 is 5.97 Å². The van der Waals surface area contributed by atoms with Gasteiger partial charge in [0.25, 0.3) is 0 Å².